The van der Waals surface area contributed by atoms with Crippen molar-refractivity contribution < 1.29 is 9.26 Å². The largest absolute Gasteiger partial charge is 0.497 e. The average Bonchev–Trinajstić information content (AvgIpc) is 3.01. The maximum absolute atomic E-state index is 5.30. The number of hydrogen-bond acceptors (Lipinski definition) is 6. The Morgan fingerprint density at radius 2 is 2.04 bits per heavy atom. The number of aryl methyl sites for hydroxylation is 1. The van der Waals surface area contributed by atoms with Crippen LogP contribution in [0.1, 0.15) is 30.2 Å². The van der Waals surface area contributed by atoms with E-state index in [1.807, 2.05) is 19.1 Å². The highest BCUT2D eigenvalue weighted by molar-refractivity contribution is 5.28. The predicted molar refractivity (Wildman–Crippen MR) is 87.3 cm³/mol. The Labute approximate surface area is 137 Å². The van der Waals surface area contributed by atoms with Crippen molar-refractivity contribution in [2.45, 2.75) is 26.4 Å². The van der Waals surface area contributed by atoms with Gasteiger partial charge in [0.2, 0.25) is 5.89 Å². The molecule has 6 heteroatoms. The second kappa shape index (κ2) is 7.10. The van der Waals surface area contributed by atoms with Crippen LogP contribution in [0.15, 0.2) is 28.8 Å². The molecular weight excluding hydrogens is 292 g/mol. The fourth-order valence-electron chi connectivity index (χ4n) is 2.98. The van der Waals surface area contributed by atoms with E-state index < -0.39 is 0 Å². The Morgan fingerprint density at radius 1 is 1.26 bits per heavy atom. The molecule has 3 rings (SSSR count). The molecule has 0 amide bonds. The van der Waals surface area contributed by atoms with Crippen LogP contribution in [0.25, 0.3) is 0 Å². The zero-order valence-electron chi connectivity index (χ0n) is 14.0. The average molecular weight is 316 g/mol. The fourth-order valence-corrected chi connectivity index (χ4v) is 2.98. The third-order valence-electron chi connectivity index (χ3n) is 4.40. The Kier molecular flexibility index (Phi) is 4.93. The Bertz CT molecular complexity index is 635. The van der Waals surface area contributed by atoms with Crippen LogP contribution in [-0.2, 0) is 6.54 Å². The maximum atomic E-state index is 5.30. The van der Waals surface area contributed by atoms with E-state index in [0.717, 1.165) is 38.5 Å². The van der Waals surface area contributed by atoms with Gasteiger partial charge in [0.25, 0.3) is 0 Å². The van der Waals surface area contributed by atoms with E-state index in [0.29, 0.717) is 11.7 Å². The molecule has 2 heterocycles. The van der Waals surface area contributed by atoms with Gasteiger partial charge in [0, 0.05) is 32.7 Å². The smallest absolute Gasteiger partial charge is 0.243 e. The molecule has 0 N–H and O–H groups in total. The summed E-state index contributed by atoms with van der Waals surface area (Å²) >= 11 is 0. The van der Waals surface area contributed by atoms with E-state index in [4.69, 9.17) is 9.26 Å². The van der Waals surface area contributed by atoms with Gasteiger partial charge >= 0.3 is 0 Å². The van der Waals surface area contributed by atoms with E-state index in [1.54, 1.807) is 7.11 Å². The highest BCUT2D eigenvalue weighted by atomic mass is 16.5. The minimum absolute atomic E-state index is 0.176. The van der Waals surface area contributed by atoms with Gasteiger partial charge < -0.3 is 9.26 Å². The molecule has 1 saturated heterocycles. The molecule has 1 fully saturated rings. The lowest BCUT2D eigenvalue weighted by atomic mass is 10.1. The molecule has 0 aliphatic carbocycles. The molecule has 23 heavy (non-hydrogen) atoms. The maximum Gasteiger partial charge on any atom is 0.243 e. The zero-order valence-corrected chi connectivity index (χ0v) is 14.0. The summed E-state index contributed by atoms with van der Waals surface area (Å²) in [5, 5.41) is 3.88. The molecule has 2 aromatic rings. The third-order valence-corrected chi connectivity index (χ3v) is 4.40. The molecule has 124 valence electrons. The van der Waals surface area contributed by atoms with Crippen LogP contribution in [0.3, 0.4) is 0 Å². The topological polar surface area (TPSA) is 54.6 Å². The molecule has 1 aromatic carbocycles. The van der Waals surface area contributed by atoms with Crippen molar-refractivity contribution in [2.75, 3.05) is 33.3 Å². The van der Waals surface area contributed by atoms with Gasteiger partial charge in [-0.1, -0.05) is 17.3 Å². The Morgan fingerprint density at radius 3 is 2.70 bits per heavy atom. The third kappa shape index (κ3) is 3.89. The van der Waals surface area contributed by atoms with Crippen molar-refractivity contribution in [3.05, 3.63) is 41.5 Å². The summed E-state index contributed by atoms with van der Waals surface area (Å²) in [6.45, 7) is 9.03. The molecule has 0 saturated carbocycles. The summed E-state index contributed by atoms with van der Waals surface area (Å²) in [6.07, 6.45) is 0. The molecule has 0 unspecified atom stereocenters. The van der Waals surface area contributed by atoms with Gasteiger partial charge in [-0.2, -0.15) is 4.98 Å². The number of rotatable bonds is 5. The number of hydrogen-bond donors (Lipinski definition) is 0. The van der Waals surface area contributed by atoms with E-state index >= 15 is 0 Å². The summed E-state index contributed by atoms with van der Waals surface area (Å²) in [5.74, 6) is 2.33. The van der Waals surface area contributed by atoms with Crippen molar-refractivity contribution in [3.63, 3.8) is 0 Å². The molecule has 0 spiro atoms. The van der Waals surface area contributed by atoms with E-state index in [-0.39, 0.29) is 6.04 Å². The molecule has 0 bridgehead atoms. The molecule has 1 aromatic heterocycles. The number of aromatic nitrogens is 2. The molecule has 1 aliphatic rings. The van der Waals surface area contributed by atoms with Crippen LogP contribution in [-0.4, -0.2) is 53.2 Å². The van der Waals surface area contributed by atoms with Gasteiger partial charge in [-0.3, -0.25) is 9.80 Å². The van der Waals surface area contributed by atoms with Gasteiger partial charge in [-0.05, 0) is 31.5 Å². The zero-order chi connectivity index (χ0) is 16.2. The number of piperazine rings is 1. The summed E-state index contributed by atoms with van der Waals surface area (Å²) in [7, 11) is 1.71. The minimum atomic E-state index is 0.176. The standard InChI is InChI=1S/C17H24N4O2/c1-13(17-18-14(2)19-23-17)21-9-7-20(8-10-21)12-15-5-4-6-16(11-15)22-3/h4-6,11,13H,7-10,12H2,1-3H3/t13-/m1/s1. The molecular formula is C17H24N4O2. The first-order valence-electron chi connectivity index (χ1n) is 8.05. The van der Waals surface area contributed by atoms with Crippen LogP contribution in [0.4, 0.5) is 0 Å². The summed E-state index contributed by atoms with van der Waals surface area (Å²) < 4.78 is 10.6. The van der Waals surface area contributed by atoms with Crippen molar-refractivity contribution in [2.24, 2.45) is 0 Å². The predicted octanol–water partition coefficient (Wildman–Crippen LogP) is 2.27. The molecule has 0 radical (unpaired) electrons. The van der Waals surface area contributed by atoms with Gasteiger partial charge in [0.15, 0.2) is 5.82 Å². The highest BCUT2D eigenvalue weighted by Crippen LogP contribution is 2.21. The Balaban J connectivity index is 1.53. The number of nitrogens with zero attached hydrogens (tertiary/aromatic N) is 4. The first-order valence-corrected chi connectivity index (χ1v) is 8.05. The fraction of sp³-hybridized carbons (Fsp3) is 0.529. The van der Waals surface area contributed by atoms with Crippen LogP contribution in [0, 0.1) is 6.92 Å². The SMILES string of the molecule is COc1cccc(CN2CCN([C@H](C)c3nc(C)no3)CC2)c1. The minimum Gasteiger partial charge on any atom is -0.497 e. The molecule has 1 atom stereocenters. The van der Waals surface area contributed by atoms with Crippen molar-refractivity contribution in [1.82, 2.24) is 19.9 Å². The lowest BCUT2D eigenvalue weighted by molar-refractivity contribution is 0.0845. The summed E-state index contributed by atoms with van der Waals surface area (Å²) in [4.78, 5) is 9.21. The van der Waals surface area contributed by atoms with Crippen LogP contribution >= 0.6 is 0 Å². The van der Waals surface area contributed by atoms with E-state index in [9.17, 15) is 0 Å². The van der Waals surface area contributed by atoms with Gasteiger partial charge in [0.1, 0.15) is 5.75 Å². The van der Waals surface area contributed by atoms with Gasteiger partial charge in [0.05, 0.1) is 13.2 Å². The van der Waals surface area contributed by atoms with Crippen LogP contribution in [0.2, 0.25) is 0 Å². The van der Waals surface area contributed by atoms with Gasteiger partial charge in [-0.15, -0.1) is 0 Å². The van der Waals surface area contributed by atoms with Crippen molar-refractivity contribution in [1.29, 1.82) is 0 Å². The molecule has 1 aliphatic heterocycles. The van der Waals surface area contributed by atoms with Crippen LogP contribution < -0.4 is 4.74 Å². The quantitative estimate of drug-likeness (QED) is 0.843. The Hall–Kier alpha value is -1.92. The monoisotopic (exact) mass is 316 g/mol. The normalized spacial score (nSPS) is 18.0. The van der Waals surface area contributed by atoms with Crippen molar-refractivity contribution >= 4 is 0 Å². The first-order chi connectivity index (χ1) is 11.2. The van der Waals surface area contributed by atoms with Gasteiger partial charge in [-0.25, -0.2) is 0 Å². The summed E-state index contributed by atoms with van der Waals surface area (Å²) in [5.41, 5.74) is 1.29. The second-order valence-electron chi connectivity index (χ2n) is 6.02. The van der Waals surface area contributed by atoms with E-state index in [1.165, 1.54) is 5.56 Å². The summed E-state index contributed by atoms with van der Waals surface area (Å²) in [6, 6.07) is 8.46. The second-order valence-corrected chi connectivity index (χ2v) is 6.02. The number of benzene rings is 1. The first kappa shape index (κ1) is 16.0. The molecule has 6 nitrogen and oxygen atoms in total. The van der Waals surface area contributed by atoms with Crippen molar-refractivity contribution in [3.8, 4) is 5.75 Å². The number of methoxy groups -OCH3 is 1. The van der Waals surface area contributed by atoms with Crippen LogP contribution in [0.5, 0.6) is 5.75 Å². The lowest BCUT2D eigenvalue weighted by Gasteiger charge is -2.36. The highest BCUT2D eigenvalue weighted by Gasteiger charge is 2.25. The van der Waals surface area contributed by atoms with E-state index in [2.05, 4.69) is 39.0 Å². The lowest BCUT2D eigenvalue weighted by Crippen LogP contribution is -2.46. The number of ether oxygens (including phenoxy) is 1.